The van der Waals surface area contributed by atoms with E-state index in [1.54, 1.807) is 6.07 Å². The van der Waals surface area contributed by atoms with Gasteiger partial charge in [-0.15, -0.1) is 11.3 Å². The number of hydrogen-bond donors (Lipinski definition) is 0. The first-order valence-corrected chi connectivity index (χ1v) is 8.72. The Balaban J connectivity index is 2.39. The number of hydrogen-bond acceptors (Lipinski definition) is 6. The SMILES string of the molecule is CC(C)OCCOC(=O)Cc1ccc(S(=O)(=O)Cl)s1. The smallest absolute Gasteiger partial charge is 0.311 e. The summed E-state index contributed by atoms with van der Waals surface area (Å²) >= 11 is 0.960. The Labute approximate surface area is 120 Å². The molecule has 0 bridgehead atoms. The third-order valence-electron chi connectivity index (χ3n) is 1.99. The molecule has 0 N–H and O–H groups in total. The fourth-order valence-corrected chi connectivity index (χ4v) is 3.33. The summed E-state index contributed by atoms with van der Waals surface area (Å²) < 4.78 is 32.3. The largest absolute Gasteiger partial charge is 0.463 e. The molecule has 0 aliphatic rings. The minimum absolute atomic E-state index is 0.0265. The minimum atomic E-state index is -3.73. The summed E-state index contributed by atoms with van der Waals surface area (Å²) in [7, 11) is 1.46. The number of carbonyl (C=O) groups excluding carboxylic acids is 1. The Kier molecular flexibility index (Phi) is 6.25. The summed E-state index contributed by atoms with van der Waals surface area (Å²) in [4.78, 5) is 12.1. The van der Waals surface area contributed by atoms with Crippen molar-refractivity contribution in [2.75, 3.05) is 13.2 Å². The lowest BCUT2D eigenvalue weighted by Crippen LogP contribution is -2.14. The molecule has 5 nitrogen and oxygen atoms in total. The van der Waals surface area contributed by atoms with Crippen molar-refractivity contribution in [1.82, 2.24) is 0 Å². The number of rotatable bonds is 7. The van der Waals surface area contributed by atoms with Gasteiger partial charge in [-0.1, -0.05) is 0 Å². The number of thiophene rings is 1. The van der Waals surface area contributed by atoms with E-state index in [-0.39, 0.29) is 23.3 Å². The molecule has 0 aliphatic heterocycles. The molecule has 0 aromatic carbocycles. The van der Waals surface area contributed by atoms with Gasteiger partial charge in [-0.25, -0.2) is 8.42 Å². The van der Waals surface area contributed by atoms with Gasteiger partial charge in [0.25, 0.3) is 9.05 Å². The second-order valence-corrected chi connectivity index (χ2v) is 7.94. The van der Waals surface area contributed by atoms with Crippen LogP contribution >= 0.6 is 22.0 Å². The monoisotopic (exact) mass is 326 g/mol. The zero-order valence-electron chi connectivity index (χ0n) is 10.6. The summed E-state index contributed by atoms with van der Waals surface area (Å²) in [5.74, 6) is -0.423. The molecule has 0 spiro atoms. The van der Waals surface area contributed by atoms with Gasteiger partial charge >= 0.3 is 5.97 Å². The van der Waals surface area contributed by atoms with Crippen molar-refractivity contribution in [2.24, 2.45) is 0 Å². The molecule has 0 aliphatic carbocycles. The van der Waals surface area contributed by atoms with Gasteiger partial charge in [0.05, 0.1) is 19.1 Å². The van der Waals surface area contributed by atoms with Crippen molar-refractivity contribution in [1.29, 1.82) is 0 Å². The Morgan fingerprint density at radius 1 is 1.37 bits per heavy atom. The molecule has 1 aromatic heterocycles. The molecule has 8 heteroatoms. The summed E-state index contributed by atoms with van der Waals surface area (Å²) in [6, 6.07) is 2.92. The maximum atomic E-state index is 11.5. The van der Waals surface area contributed by atoms with Crippen LogP contribution in [0.3, 0.4) is 0 Å². The fraction of sp³-hybridized carbons (Fsp3) is 0.545. The Morgan fingerprint density at radius 3 is 2.58 bits per heavy atom. The highest BCUT2D eigenvalue weighted by molar-refractivity contribution is 8.15. The summed E-state index contributed by atoms with van der Waals surface area (Å²) in [6.45, 7) is 4.31. The average molecular weight is 327 g/mol. The number of ether oxygens (including phenoxy) is 2. The molecule has 1 heterocycles. The van der Waals surface area contributed by atoms with Gasteiger partial charge in [0.15, 0.2) is 0 Å². The fourth-order valence-electron chi connectivity index (χ4n) is 1.22. The van der Waals surface area contributed by atoms with Crippen LogP contribution in [-0.4, -0.2) is 33.7 Å². The molecular formula is C11H15ClO5S2. The van der Waals surface area contributed by atoms with Gasteiger partial charge in [0.1, 0.15) is 10.8 Å². The van der Waals surface area contributed by atoms with Crippen LogP contribution in [0.1, 0.15) is 18.7 Å². The number of halogens is 1. The van der Waals surface area contributed by atoms with Gasteiger partial charge in [-0.2, -0.15) is 0 Å². The highest BCUT2D eigenvalue weighted by Crippen LogP contribution is 2.25. The molecule has 108 valence electrons. The van der Waals surface area contributed by atoms with Crippen molar-refractivity contribution in [2.45, 2.75) is 30.6 Å². The molecule has 0 fully saturated rings. The molecule has 0 radical (unpaired) electrons. The Hall–Kier alpha value is -0.630. The topological polar surface area (TPSA) is 69.7 Å². The second kappa shape index (κ2) is 7.23. The first-order chi connectivity index (χ1) is 8.79. The maximum Gasteiger partial charge on any atom is 0.311 e. The molecule has 1 rings (SSSR count). The molecule has 19 heavy (non-hydrogen) atoms. The minimum Gasteiger partial charge on any atom is -0.463 e. The van der Waals surface area contributed by atoms with Crippen LogP contribution < -0.4 is 0 Å². The van der Waals surface area contributed by atoms with E-state index in [1.807, 2.05) is 13.8 Å². The molecule has 0 saturated carbocycles. The van der Waals surface area contributed by atoms with E-state index in [0.717, 1.165) is 11.3 Å². The van der Waals surface area contributed by atoms with Gasteiger partial charge < -0.3 is 9.47 Å². The quantitative estimate of drug-likeness (QED) is 0.436. The van der Waals surface area contributed by atoms with Crippen molar-refractivity contribution in [3.8, 4) is 0 Å². The van der Waals surface area contributed by atoms with Crippen LogP contribution in [0, 0.1) is 0 Å². The summed E-state index contributed by atoms with van der Waals surface area (Å²) in [6.07, 6.45) is 0.117. The predicted octanol–water partition coefficient (Wildman–Crippen LogP) is 2.19. The second-order valence-electron chi connectivity index (χ2n) is 3.98. The molecule has 0 saturated heterocycles. The van der Waals surface area contributed by atoms with E-state index in [1.165, 1.54) is 6.07 Å². The lowest BCUT2D eigenvalue weighted by atomic mass is 10.3. The number of carbonyl (C=O) groups is 1. The molecule has 1 aromatic rings. The summed E-state index contributed by atoms with van der Waals surface area (Å²) in [5, 5.41) is 0. The maximum absolute atomic E-state index is 11.5. The van der Waals surface area contributed by atoms with Gasteiger partial charge in [-0.05, 0) is 26.0 Å². The van der Waals surface area contributed by atoms with Crippen LogP contribution in [0.4, 0.5) is 0 Å². The van der Waals surface area contributed by atoms with E-state index in [2.05, 4.69) is 0 Å². The van der Waals surface area contributed by atoms with E-state index < -0.39 is 15.0 Å². The third kappa shape index (κ3) is 6.38. The molecule has 0 unspecified atom stereocenters. The van der Waals surface area contributed by atoms with Crippen molar-refractivity contribution in [3.63, 3.8) is 0 Å². The lowest BCUT2D eigenvalue weighted by Gasteiger charge is -2.07. The predicted molar refractivity (Wildman–Crippen MR) is 73.1 cm³/mol. The van der Waals surface area contributed by atoms with Crippen LogP contribution in [0.2, 0.25) is 0 Å². The molecular weight excluding hydrogens is 312 g/mol. The van der Waals surface area contributed by atoms with Crippen molar-refractivity contribution in [3.05, 3.63) is 17.0 Å². The van der Waals surface area contributed by atoms with Crippen LogP contribution in [0.15, 0.2) is 16.3 Å². The Bertz CT molecular complexity index is 521. The van der Waals surface area contributed by atoms with E-state index in [0.29, 0.717) is 11.5 Å². The number of esters is 1. The van der Waals surface area contributed by atoms with Crippen molar-refractivity contribution >= 4 is 37.0 Å². The Morgan fingerprint density at radius 2 is 2.05 bits per heavy atom. The van der Waals surface area contributed by atoms with Gasteiger partial charge in [0, 0.05) is 15.6 Å². The highest BCUT2D eigenvalue weighted by atomic mass is 35.7. The zero-order chi connectivity index (χ0) is 14.5. The van der Waals surface area contributed by atoms with Gasteiger partial charge in [-0.3, -0.25) is 4.79 Å². The molecule has 0 atom stereocenters. The van der Waals surface area contributed by atoms with Crippen molar-refractivity contribution < 1.29 is 22.7 Å². The third-order valence-corrected chi connectivity index (χ3v) is 5.17. The zero-order valence-corrected chi connectivity index (χ0v) is 13.0. The van der Waals surface area contributed by atoms with Gasteiger partial charge in [0.2, 0.25) is 0 Å². The molecule has 0 amide bonds. The highest BCUT2D eigenvalue weighted by Gasteiger charge is 2.15. The average Bonchev–Trinajstić information content (AvgIpc) is 2.72. The van der Waals surface area contributed by atoms with Crippen LogP contribution in [0.25, 0.3) is 0 Å². The standard InChI is InChI=1S/C11H15ClO5S2/c1-8(2)16-5-6-17-10(13)7-9-3-4-11(18-9)19(12,14)15/h3-4,8H,5-7H2,1-2H3. The first kappa shape index (κ1) is 16.4. The van der Waals surface area contributed by atoms with E-state index in [9.17, 15) is 13.2 Å². The normalized spacial score (nSPS) is 11.8. The van der Waals surface area contributed by atoms with Crippen LogP contribution in [-0.2, 0) is 29.7 Å². The summed E-state index contributed by atoms with van der Waals surface area (Å²) in [5.41, 5.74) is 0. The first-order valence-electron chi connectivity index (χ1n) is 5.59. The van der Waals surface area contributed by atoms with Crippen LogP contribution in [0.5, 0.6) is 0 Å². The van der Waals surface area contributed by atoms with E-state index in [4.69, 9.17) is 20.2 Å². The van der Waals surface area contributed by atoms with E-state index >= 15 is 0 Å². The lowest BCUT2D eigenvalue weighted by molar-refractivity contribution is -0.144.